The maximum atomic E-state index is 11.7. The molecular weight excluding hydrogens is 234 g/mol. The summed E-state index contributed by atoms with van der Waals surface area (Å²) >= 11 is 0. The minimum absolute atomic E-state index is 0.0406. The van der Waals surface area contributed by atoms with E-state index in [1.54, 1.807) is 0 Å². The maximum Gasteiger partial charge on any atom is 0.242 e. The number of rotatable bonds is 5. The van der Waals surface area contributed by atoms with Crippen molar-refractivity contribution in [1.82, 2.24) is 16.0 Å². The summed E-state index contributed by atoms with van der Waals surface area (Å²) in [6, 6.07) is -0.351. The number of carbonyl (C=O) groups is 2. The lowest BCUT2D eigenvalue weighted by Crippen LogP contribution is -2.43. The van der Waals surface area contributed by atoms with E-state index in [2.05, 4.69) is 16.0 Å². The van der Waals surface area contributed by atoms with Crippen molar-refractivity contribution in [2.75, 3.05) is 26.2 Å². The van der Waals surface area contributed by atoms with Crippen molar-refractivity contribution in [3.8, 4) is 0 Å². The van der Waals surface area contributed by atoms with Crippen LogP contribution in [0.25, 0.3) is 0 Å². The Balaban J connectivity index is 1.54. The van der Waals surface area contributed by atoms with Crippen molar-refractivity contribution in [2.45, 2.75) is 37.8 Å². The highest BCUT2D eigenvalue weighted by molar-refractivity contribution is 5.90. The topological polar surface area (TPSA) is 79.5 Å². The van der Waals surface area contributed by atoms with Crippen LogP contribution in [0.15, 0.2) is 0 Å². The molecule has 0 aliphatic carbocycles. The Bertz CT molecular complexity index is 303. The fourth-order valence-corrected chi connectivity index (χ4v) is 2.30. The molecule has 2 fully saturated rings. The van der Waals surface area contributed by atoms with Gasteiger partial charge in [0.2, 0.25) is 11.8 Å². The van der Waals surface area contributed by atoms with Gasteiger partial charge in [0, 0.05) is 13.0 Å². The van der Waals surface area contributed by atoms with Crippen molar-refractivity contribution >= 4 is 11.8 Å². The summed E-state index contributed by atoms with van der Waals surface area (Å²) in [5, 5.41) is 8.71. The van der Waals surface area contributed by atoms with E-state index < -0.39 is 0 Å². The molecule has 6 heteroatoms. The summed E-state index contributed by atoms with van der Waals surface area (Å²) in [6.45, 7) is 3.06. The highest BCUT2D eigenvalue weighted by Gasteiger charge is 2.26. The molecule has 2 aliphatic rings. The molecule has 2 heterocycles. The number of amides is 2. The first-order valence-corrected chi connectivity index (χ1v) is 6.65. The zero-order valence-corrected chi connectivity index (χ0v) is 10.5. The molecule has 102 valence electrons. The fourth-order valence-electron chi connectivity index (χ4n) is 2.30. The highest BCUT2D eigenvalue weighted by Crippen LogP contribution is 2.07. The van der Waals surface area contributed by atoms with E-state index in [9.17, 15) is 9.59 Å². The smallest absolute Gasteiger partial charge is 0.242 e. The van der Waals surface area contributed by atoms with Gasteiger partial charge in [-0.25, -0.2) is 0 Å². The van der Waals surface area contributed by atoms with Crippen molar-refractivity contribution < 1.29 is 14.3 Å². The molecule has 0 bridgehead atoms. The minimum Gasteiger partial charge on any atom is -0.376 e. The third kappa shape index (κ3) is 3.96. The second-order valence-electron chi connectivity index (χ2n) is 4.77. The molecule has 2 amide bonds. The van der Waals surface area contributed by atoms with E-state index in [0.717, 1.165) is 25.9 Å². The van der Waals surface area contributed by atoms with E-state index in [1.807, 2.05) is 0 Å². The van der Waals surface area contributed by atoms with E-state index in [-0.39, 0.29) is 17.9 Å². The van der Waals surface area contributed by atoms with Gasteiger partial charge in [0.1, 0.15) is 6.04 Å². The summed E-state index contributed by atoms with van der Waals surface area (Å²) in [6.07, 6.45) is 3.43. The third-order valence-electron chi connectivity index (χ3n) is 3.35. The van der Waals surface area contributed by atoms with Crippen LogP contribution in [-0.2, 0) is 14.3 Å². The maximum absolute atomic E-state index is 11.7. The van der Waals surface area contributed by atoms with Gasteiger partial charge in [0.15, 0.2) is 0 Å². The quantitative estimate of drug-likeness (QED) is 0.559. The van der Waals surface area contributed by atoms with E-state index in [0.29, 0.717) is 32.1 Å². The Morgan fingerprint density at radius 2 is 2.11 bits per heavy atom. The van der Waals surface area contributed by atoms with Crippen LogP contribution in [0.1, 0.15) is 25.7 Å². The highest BCUT2D eigenvalue weighted by atomic mass is 16.5. The average molecular weight is 255 g/mol. The normalized spacial score (nSPS) is 24.9. The van der Waals surface area contributed by atoms with E-state index >= 15 is 0 Å². The molecular formula is C12H21N3O3. The Kier molecular flexibility index (Phi) is 4.95. The molecule has 0 aromatic rings. The molecule has 3 N–H and O–H groups in total. The van der Waals surface area contributed by atoms with Crippen LogP contribution < -0.4 is 16.0 Å². The summed E-state index contributed by atoms with van der Waals surface area (Å²) in [4.78, 5) is 22.6. The monoisotopic (exact) mass is 255 g/mol. The van der Waals surface area contributed by atoms with E-state index in [4.69, 9.17) is 4.74 Å². The second kappa shape index (κ2) is 6.70. The first kappa shape index (κ1) is 13.3. The Morgan fingerprint density at radius 3 is 2.78 bits per heavy atom. The molecule has 0 saturated carbocycles. The molecule has 2 saturated heterocycles. The molecule has 18 heavy (non-hydrogen) atoms. The van der Waals surface area contributed by atoms with Gasteiger partial charge in [-0.05, 0) is 32.4 Å². The zero-order valence-electron chi connectivity index (χ0n) is 10.5. The number of piperidine rings is 1. The summed E-state index contributed by atoms with van der Waals surface area (Å²) < 4.78 is 5.68. The van der Waals surface area contributed by atoms with Crippen LogP contribution >= 0.6 is 0 Å². The molecule has 0 aromatic heterocycles. The van der Waals surface area contributed by atoms with Crippen LogP contribution in [-0.4, -0.2) is 50.2 Å². The summed E-state index contributed by atoms with van der Waals surface area (Å²) in [7, 11) is 0. The molecule has 0 aromatic carbocycles. The first-order chi connectivity index (χ1) is 8.75. The Labute approximate surface area is 107 Å². The molecule has 1 unspecified atom stereocenters. The summed E-state index contributed by atoms with van der Waals surface area (Å²) in [5.74, 6) is -0.143. The van der Waals surface area contributed by atoms with Crippen molar-refractivity contribution in [3.63, 3.8) is 0 Å². The van der Waals surface area contributed by atoms with Crippen LogP contribution in [0.4, 0.5) is 0 Å². The van der Waals surface area contributed by atoms with Gasteiger partial charge in [-0.3, -0.25) is 9.59 Å². The number of nitrogens with one attached hydrogen (secondary N) is 3. The molecule has 6 nitrogen and oxygen atoms in total. The average Bonchev–Trinajstić information content (AvgIpc) is 2.82. The molecule has 0 radical (unpaired) electrons. The van der Waals surface area contributed by atoms with Crippen molar-refractivity contribution in [2.24, 2.45) is 0 Å². The van der Waals surface area contributed by atoms with Gasteiger partial charge in [0.25, 0.3) is 0 Å². The van der Waals surface area contributed by atoms with Gasteiger partial charge in [-0.15, -0.1) is 0 Å². The Hall–Kier alpha value is -1.14. The Morgan fingerprint density at radius 1 is 1.33 bits per heavy atom. The predicted octanol–water partition coefficient (Wildman–Crippen LogP) is -0.850. The van der Waals surface area contributed by atoms with Gasteiger partial charge in [0.05, 0.1) is 12.7 Å². The second-order valence-corrected chi connectivity index (χ2v) is 4.77. The minimum atomic E-state index is -0.351. The van der Waals surface area contributed by atoms with Crippen LogP contribution in [0, 0.1) is 0 Å². The standard InChI is InChI=1S/C12H21N3O3/c16-11-2-1-10(15-11)12(17)14-7-8-18-9-3-5-13-6-4-9/h9-10,13H,1-8H2,(H,14,17)(H,15,16). The van der Waals surface area contributed by atoms with Gasteiger partial charge in [-0.1, -0.05) is 0 Å². The number of ether oxygens (including phenoxy) is 1. The lowest BCUT2D eigenvalue weighted by molar-refractivity contribution is -0.126. The largest absolute Gasteiger partial charge is 0.376 e. The van der Waals surface area contributed by atoms with Crippen LogP contribution in [0.3, 0.4) is 0 Å². The molecule has 0 spiro atoms. The van der Waals surface area contributed by atoms with Gasteiger partial charge in [-0.2, -0.15) is 0 Å². The first-order valence-electron chi connectivity index (χ1n) is 6.65. The third-order valence-corrected chi connectivity index (χ3v) is 3.35. The molecule has 1 atom stereocenters. The van der Waals surface area contributed by atoms with Gasteiger partial charge < -0.3 is 20.7 Å². The zero-order chi connectivity index (χ0) is 12.8. The molecule has 2 rings (SSSR count). The lowest BCUT2D eigenvalue weighted by atomic mass is 10.1. The number of carbonyl (C=O) groups excluding carboxylic acids is 2. The van der Waals surface area contributed by atoms with Crippen molar-refractivity contribution in [3.05, 3.63) is 0 Å². The van der Waals surface area contributed by atoms with E-state index in [1.165, 1.54) is 0 Å². The van der Waals surface area contributed by atoms with Crippen LogP contribution in [0.2, 0.25) is 0 Å². The summed E-state index contributed by atoms with van der Waals surface area (Å²) in [5.41, 5.74) is 0. The predicted molar refractivity (Wildman–Crippen MR) is 66.0 cm³/mol. The molecule has 2 aliphatic heterocycles. The number of hydrogen-bond acceptors (Lipinski definition) is 4. The fraction of sp³-hybridized carbons (Fsp3) is 0.833. The van der Waals surface area contributed by atoms with Crippen molar-refractivity contribution in [1.29, 1.82) is 0 Å². The number of hydrogen-bond donors (Lipinski definition) is 3. The SMILES string of the molecule is O=C1CCC(C(=O)NCCOC2CCNCC2)N1. The van der Waals surface area contributed by atoms with Gasteiger partial charge >= 0.3 is 0 Å². The van der Waals surface area contributed by atoms with Crippen LogP contribution in [0.5, 0.6) is 0 Å². The lowest BCUT2D eigenvalue weighted by Gasteiger charge is -2.23.